The minimum Gasteiger partial charge on any atom is -0.494 e. The number of aryl methyl sites for hydroxylation is 1. The number of hydrogen-bond acceptors (Lipinski definition) is 6. The molecule has 0 atom stereocenters. The number of aromatic nitrogens is 3. The molecule has 6 heteroatoms. The average Bonchev–Trinajstić information content (AvgIpc) is 2.86. The van der Waals surface area contributed by atoms with Crippen LogP contribution in [0.5, 0.6) is 5.75 Å². The van der Waals surface area contributed by atoms with Gasteiger partial charge in [-0.05, 0) is 60.9 Å². The topological polar surface area (TPSA) is 69.2 Å². The zero-order valence-electron chi connectivity index (χ0n) is 19.2. The van der Waals surface area contributed by atoms with Crippen molar-refractivity contribution in [2.45, 2.75) is 13.8 Å². The predicted octanol–water partition coefficient (Wildman–Crippen LogP) is 6.24. The fourth-order valence-corrected chi connectivity index (χ4v) is 3.65. The molecule has 0 aliphatic carbocycles. The number of pyridine rings is 1. The largest absolute Gasteiger partial charge is 0.494 e. The summed E-state index contributed by atoms with van der Waals surface area (Å²) in [6.45, 7) is 8.02. The van der Waals surface area contributed by atoms with E-state index in [2.05, 4.69) is 42.0 Å². The van der Waals surface area contributed by atoms with Gasteiger partial charge >= 0.3 is 0 Å². The van der Waals surface area contributed by atoms with E-state index < -0.39 is 0 Å². The van der Waals surface area contributed by atoms with Crippen LogP contribution in [0.25, 0.3) is 39.2 Å². The van der Waals surface area contributed by atoms with Gasteiger partial charge in [0.15, 0.2) is 5.82 Å². The van der Waals surface area contributed by atoms with Crippen LogP contribution in [0.3, 0.4) is 0 Å². The first-order chi connectivity index (χ1) is 16.0. The number of hydrogen-bond donors (Lipinski definition) is 1. The quantitative estimate of drug-likeness (QED) is 0.345. The highest BCUT2D eigenvalue weighted by molar-refractivity contribution is 5.98. The fourth-order valence-electron chi connectivity index (χ4n) is 3.65. The number of nitrogens with one attached hydrogen (secondary N) is 1. The predicted molar refractivity (Wildman–Crippen MR) is 134 cm³/mol. The van der Waals surface area contributed by atoms with Crippen LogP contribution in [0.15, 0.2) is 73.8 Å². The van der Waals surface area contributed by atoms with Crippen molar-refractivity contribution in [1.82, 2.24) is 15.0 Å². The second-order valence-corrected chi connectivity index (χ2v) is 7.50. The fraction of sp³-hybridized carbons (Fsp3) is 0.148. The average molecular weight is 439 g/mol. The molecule has 2 aromatic carbocycles. The maximum absolute atomic E-state index is 5.77. The standard InChI is InChI=1S/C27H26N4O2/c1-6-12-33-18(3)19-10-9-17(2)22(13-19)21-14-23-25(24(15-21)32-5)30-26(31-27(23)28-4)20-8-7-11-29-16-20/h6-16H,3H2,1-2,4-5H3,(H,28,30,31)/b12-6-. The van der Waals surface area contributed by atoms with Crippen molar-refractivity contribution < 1.29 is 9.47 Å². The van der Waals surface area contributed by atoms with Gasteiger partial charge in [-0.1, -0.05) is 24.8 Å². The van der Waals surface area contributed by atoms with E-state index in [4.69, 9.17) is 19.4 Å². The van der Waals surface area contributed by atoms with Gasteiger partial charge < -0.3 is 14.8 Å². The SMILES string of the molecule is C=C(O/C=C\C)c1ccc(C)c(-c2cc(OC)c3nc(-c4cccnc4)nc(NC)c3c2)c1. The number of rotatable bonds is 7. The van der Waals surface area contributed by atoms with Crippen LogP contribution in [0.4, 0.5) is 5.82 Å². The summed E-state index contributed by atoms with van der Waals surface area (Å²) in [6, 6.07) is 14.0. The number of ether oxygens (including phenoxy) is 2. The molecule has 0 unspecified atom stereocenters. The highest BCUT2D eigenvalue weighted by atomic mass is 16.5. The first-order valence-corrected chi connectivity index (χ1v) is 10.6. The van der Waals surface area contributed by atoms with E-state index in [9.17, 15) is 0 Å². The molecular formula is C27H26N4O2. The molecule has 0 amide bonds. The number of nitrogens with zero attached hydrogens (tertiary/aromatic N) is 3. The summed E-state index contributed by atoms with van der Waals surface area (Å²) in [7, 11) is 3.50. The van der Waals surface area contributed by atoms with Gasteiger partial charge in [-0.15, -0.1) is 0 Å². The van der Waals surface area contributed by atoms with Crippen LogP contribution in [-0.2, 0) is 4.74 Å². The summed E-state index contributed by atoms with van der Waals surface area (Å²) in [5.41, 5.74) is 5.64. The summed E-state index contributed by atoms with van der Waals surface area (Å²) < 4.78 is 11.3. The Morgan fingerprint density at radius 3 is 2.64 bits per heavy atom. The summed E-state index contributed by atoms with van der Waals surface area (Å²) in [6.07, 6.45) is 6.93. The highest BCUT2D eigenvalue weighted by Crippen LogP contribution is 2.37. The second kappa shape index (κ2) is 9.53. The molecule has 0 aliphatic rings. The lowest BCUT2D eigenvalue weighted by atomic mass is 9.96. The van der Waals surface area contributed by atoms with E-state index in [1.807, 2.05) is 44.3 Å². The minimum absolute atomic E-state index is 0.585. The maximum atomic E-state index is 5.77. The van der Waals surface area contributed by atoms with Gasteiger partial charge in [0.05, 0.1) is 13.4 Å². The van der Waals surface area contributed by atoms with Crippen molar-refractivity contribution in [2.75, 3.05) is 19.5 Å². The van der Waals surface area contributed by atoms with E-state index in [1.54, 1.807) is 25.8 Å². The molecular weight excluding hydrogens is 412 g/mol. The van der Waals surface area contributed by atoms with Crippen LogP contribution >= 0.6 is 0 Å². The van der Waals surface area contributed by atoms with E-state index in [0.29, 0.717) is 23.2 Å². The third kappa shape index (κ3) is 4.41. The summed E-state index contributed by atoms with van der Waals surface area (Å²) in [5.74, 6) is 2.55. The van der Waals surface area contributed by atoms with Gasteiger partial charge in [0.25, 0.3) is 0 Å². The van der Waals surface area contributed by atoms with Gasteiger partial charge in [-0.25, -0.2) is 9.97 Å². The van der Waals surface area contributed by atoms with Crippen LogP contribution in [0.2, 0.25) is 0 Å². The molecule has 0 saturated carbocycles. The van der Waals surface area contributed by atoms with Gasteiger partial charge in [0.1, 0.15) is 22.8 Å². The lowest BCUT2D eigenvalue weighted by molar-refractivity contribution is 0.419. The molecule has 0 aliphatic heterocycles. The number of fused-ring (bicyclic) bond motifs is 1. The zero-order valence-corrected chi connectivity index (χ0v) is 19.2. The number of benzene rings is 2. The Bertz CT molecular complexity index is 1350. The Kier molecular flexibility index (Phi) is 6.36. The minimum atomic E-state index is 0.585. The van der Waals surface area contributed by atoms with E-state index in [0.717, 1.165) is 38.7 Å². The molecule has 1 N–H and O–H groups in total. The smallest absolute Gasteiger partial charge is 0.163 e. The first-order valence-electron chi connectivity index (χ1n) is 10.6. The molecule has 6 nitrogen and oxygen atoms in total. The highest BCUT2D eigenvalue weighted by Gasteiger charge is 2.16. The van der Waals surface area contributed by atoms with Crippen molar-refractivity contribution in [2.24, 2.45) is 0 Å². The zero-order chi connectivity index (χ0) is 23.4. The second-order valence-electron chi connectivity index (χ2n) is 7.50. The molecule has 0 bridgehead atoms. The van der Waals surface area contributed by atoms with Crippen LogP contribution in [0, 0.1) is 6.92 Å². The maximum Gasteiger partial charge on any atom is 0.163 e. The van der Waals surface area contributed by atoms with Crippen LogP contribution in [-0.4, -0.2) is 29.1 Å². The Morgan fingerprint density at radius 2 is 1.94 bits per heavy atom. The van der Waals surface area contributed by atoms with E-state index in [-0.39, 0.29) is 0 Å². The Labute approximate surface area is 193 Å². The molecule has 0 saturated heterocycles. The number of methoxy groups -OCH3 is 1. The molecule has 0 radical (unpaired) electrons. The van der Waals surface area contributed by atoms with Crippen molar-refractivity contribution in [3.05, 3.63) is 84.9 Å². The third-order valence-electron chi connectivity index (χ3n) is 5.36. The van der Waals surface area contributed by atoms with Gasteiger partial charge in [0, 0.05) is 36.0 Å². The molecule has 0 spiro atoms. The summed E-state index contributed by atoms with van der Waals surface area (Å²) in [5, 5.41) is 4.08. The molecule has 166 valence electrons. The Hall–Kier alpha value is -4.19. The molecule has 33 heavy (non-hydrogen) atoms. The Balaban J connectivity index is 1.90. The molecule has 0 fully saturated rings. The first kappa shape index (κ1) is 22.0. The van der Waals surface area contributed by atoms with Gasteiger partial charge in [-0.2, -0.15) is 0 Å². The Morgan fingerprint density at radius 1 is 1.09 bits per heavy atom. The molecule has 2 aromatic heterocycles. The molecule has 4 aromatic rings. The van der Waals surface area contributed by atoms with E-state index in [1.165, 1.54) is 0 Å². The van der Waals surface area contributed by atoms with Gasteiger partial charge in [0.2, 0.25) is 0 Å². The third-order valence-corrected chi connectivity index (χ3v) is 5.36. The van der Waals surface area contributed by atoms with E-state index >= 15 is 0 Å². The van der Waals surface area contributed by atoms with Crippen molar-refractivity contribution >= 4 is 22.5 Å². The van der Waals surface area contributed by atoms with Crippen molar-refractivity contribution in [3.63, 3.8) is 0 Å². The molecule has 2 heterocycles. The number of anilines is 1. The lowest BCUT2D eigenvalue weighted by Gasteiger charge is -2.15. The molecule has 4 rings (SSSR count). The van der Waals surface area contributed by atoms with Gasteiger partial charge in [-0.3, -0.25) is 4.98 Å². The normalized spacial score (nSPS) is 11.0. The number of allylic oxidation sites excluding steroid dienone is 1. The summed E-state index contributed by atoms with van der Waals surface area (Å²) >= 11 is 0. The van der Waals surface area contributed by atoms with Crippen LogP contribution < -0.4 is 10.1 Å². The summed E-state index contributed by atoms with van der Waals surface area (Å²) in [4.78, 5) is 13.7. The van der Waals surface area contributed by atoms with Crippen molar-refractivity contribution in [3.8, 4) is 28.3 Å². The lowest BCUT2D eigenvalue weighted by Crippen LogP contribution is -2.01. The van der Waals surface area contributed by atoms with Crippen LogP contribution in [0.1, 0.15) is 18.1 Å². The monoisotopic (exact) mass is 438 g/mol. The van der Waals surface area contributed by atoms with Crippen molar-refractivity contribution in [1.29, 1.82) is 0 Å².